The molecule has 0 spiro atoms. The Kier molecular flexibility index (Phi) is 6.49. The minimum absolute atomic E-state index is 0.133. The molecule has 2 aromatic rings. The highest BCUT2D eigenvalue weighted by atomic mass is 79.9. The molecule has 0 aliphatic carbocycles. The first-order chi connectivity index (χ1) is 13.8. The van der Waals surface area contributed by atoms with E-state index < -0.39 is 28.7 Å². The molecule has 0 saturated carbocycles. The van der Waals surface area contributed by atoms with Gasteiger partial charge in [0, 0.05) is 21.5 Å². The molecule has 1 aliphatic heterocycles. The van der Waals surface area contributed by atoms with Crippen molar-refractivity contribution in [1.29, 1.82) is 0 Å². The van der Waals surface area contributed by atoms with E-state index >= 15 is 0 Å². The van der Waals surface area contributed by atoms with Crippen LogP contribution in [-0.2, 0) is 19.1 Å². The molecule has 0 bridgehead atoms. The van der Waals surface area contributed by atoms with Crippen molar-refractivity contribution in [1.82, 2.24) is 0 Å². The summed E-state index contributed by atoms with van der Waals surface area (Å²) in [6.07, 6.45) is -0.181. The third-order valence-corrected chi connectivity index (χ3v) is 5.79. The standard InChI is InChI=1S/C18H14BrN3O6S/c19-11-7-10(22(26)27)5-6-12(11)20-16(23)9-28-17(24)8-15-18(25)21-13-3-1-2-4-14(13)29-15/h1-7,15H,8-9H2,(H,20,23)(H,21,25)/t15-/m0/s1. The van der Waals surface area contributed by atoms with Crippen molar-refractivity contribution >= 4 is 62.5 Å². The number of benzene rings is 2. The molecule has 2 amide bonds. The van der Waals surface area contributed by atoms with E-state index in [1.165, 1.54) is 30.0 Å². The normalized spacial score (nSPS) is 15.1. The number of halogens is 1. The molecular weight excluding hydrogens is 466 g/mol. The maximum atomic E-state index is 12.1. The minimum Gasteiger partial charge on any atom is -0.456 e. The fraction of sp³-hybridized carbons (Fsp3) is 0.167. The van der Waals surface area contributed by atoms with E-state index in [0.29, 0.717) is 15.8 Å². The second-order valence-corrected chi connectivity index (χ2v) is 8.03. The van der Waals surface area contributed by atoms with E-state index in [1.54, 1.807) is 12.1 Å². The number of para-hydroxylation sites is 1. The number of nitrogens with one attached hydrogen (secondary N) is 2. The van der Waals surface area contributed by atoms with Gasteiger partial charge in [-0.15, -0.1) is 11.8 Å². The Hall–Kier alpha value is -2.92. The molecule has 0 fully saturated rings. The molecule has 1 atom stereocenters. The maximum Gasteiger partial charge on any atom is 0.307 e. The molecule has 150 valence electrons. The van der Waals surface area contributed by atoms with Crippen molar-refractivity contribution in [3.05, 3.63) is 57.1 Å². The molecule has 11 heteroatoms. The first-order valence-corrected chi connectivity index (χ1v) is 9.96. The number of hydrogen-bond acceptors (Lipinski definition) is 7. The molecule has 0 radical (unpaired) electrons. The van der Waals surface area contributed by atoms with E-state index in [2.05, 4.69) is 26.6 Å². The summed E-state index contributed by atoms with van der Waals surface area (Å²) in [5.41, 5.74) is 0.863. The van der Waals surface area contributed by atoms with Crippen LogP contribution in [0.1, 0.15) is 6.42 Å². The second-order valence-electron chi connectivity index (χ2n) is 5.93. The van der Waals surface area contributed by atoms with E-state index in [-0.39, 0.29) is 18.0 Å². The molecule has 0 unspecified atom stereocenters. The van der Waals surface area contributed by atoms with Crippen LogP contribution < -0.4 is 10.6 Å². The van der Waals surface area contributed by atoms with E-state index in [0.717, 1.165) is 4.90 Å². The number of anilines is 2. The Morgan fingerprint density at radius 3 is 2.76 bits per heavy atom. The van der Waals surface area contributed by atoms with Crippen molar-refractivity contribution in [3.63, 3.8) is 0 Å². The van der Waals surface area contributed by atoms with Gasteiger partial charge in [-0.3, -0.25) is 24.5 Å². The summed E-state index contributed by atoms with van der Waals surface area (Å²) >= 11 is 4.40. The fourth-order valence-electron chi connectivity index (χ4n) is 2.49. The number of nitrogens with zero attached hydrogens (tertiary/aromatic N) is 1. The summed E-state index contributed by atoms with van der Waals surface area (Å²) in [6, 6.07) is 11.1. The second kappa shape index (κ2) is 9.05. The monoisotopic (exact) mass is 479 g/mol. The molecule has 3 rings (SSSR count). The van der Waals surface area contributed by atoms with Gasteiger partial charge in [0.05, 0.1) is 28.0 Å². The van der Waals surface area contributed by atoms with Crippen LogP contribution in [-0.4, -0.2) is 34.6 Å². The number of carbonyl (C=O) groups excluding carboxylic acids is 3. The van der Waals surface area contributed by atoms with Crippen LogP contribution in [0.4, 0.5) is 17.1 Å². The lowest BCUT2D eigenvalue weighted by molar-refractivity contribution is -0.384. The molecule has 1 heterocycles. The van der Waals surface area contributed by atoms with Crippen LogP contribution in [0.5, 0.6) is 0 Å². The van der Waals surface area contributed by atoms with Crippen LogP contribution in [0.3, 0.4) is 0 Å². The zero-order chi connectivity index (χ0) is 21.0. The number of non-ortho nitro benzene ring substituents is 1. The Balaban J connectivity index is 1.50. The number of thioether (sulfide) groups is 1. The molecule has 29 heavy (non-hydrogen) atoms. The lowest BCUT2D eigenvalue weighted by Crippen LogP contribution is -2.32. The lowest BCUT2D eigenvalue weighted by Gasteiger charge is -2.23. The van der Waals surface area contributed by atoms with Gasteiger partial charge >= 0.3 is 5.97 Å². The number of hydrogen-bond donors (Lipinski definition) is 2. The highest BCUT2D eigenvalue weighted by Crippen LogP contribution is 2.36. The third-order valence-electron chi connectivity index (χ3n) is 3.86. The van der Waals surface area contributed by atoms with Gasteiger partial charge in [-0.05, 0) is 34.1 Å². The molecule has 2 N–H and O–H groups in total. The molecule has 9 nitrogen and oxygen atoms in total. The quantitative estimate of drug-likeness (QED) is 0.369. The van der Waals surface area contributed by atoms with Crippen LogP contribution in [0, 0.1) is 10.1 Å². The average Bonchev–Trinajstić information content (AvgIpc) is 2.68. The lowest BCUT2D eigenvalue weighted by atomic mass is 10.2. The summed E-state index contributed by atoms with van der Waals surface area (Å²) in [6.45, 7) is -0.544. The fourth-order valence-corrected chi connectivity index (χ4v) is 4.05. The Morgan fingerprint density at radius 2 is 2.03 bits per heavy atom. The average molecular weight is 480 g/mol. The smallest absolute Gasteiger partial charge is 0.307 e. The number of ether oxygens (including phenoxy) is 1. The van der Waals surface area contributed by atoms with Gasteiger partial charge in [0.25, 0.3) is 11.6 Å². The molecular formula is C18H14BrN3O6S. The van der Waals surface area contributed by atoms with Crippen molar-refractivity contribution in [2.75, 3.05) is 17.2 Å². The topological polar surface area (TPSA) is 128 Å². The van der Waals surface area contributed by atoms with Gasteiger partial charge in [0.15, 0.2) is 6.61 Å². The summed E-state index contributed by atoms with van der Waals surface area (Å²) in [7, 11) is 0. The van der Waals surface area contributed by atoms with Gasteiger partial charge < -0.3 is 15.4 Å². The third kappa shape index (κ3) is 5.33. The zero-order valence-electron chi connectivity index (χ0n) is 14.7. The summed E-state index contributed by atoms with van der Waals surface area (Å²) in [5, 5.41) is 15.3. The molecule has 0 saturated heterocycles. The number of rotatable bonds is 6. The Morgan fingerprint density at radius 1 is 1.28 bits per heavy atom. The van der Waals surface area contributed by atoms with Gasteiger partial charge in [-0.25, -0.2) is 0 Å². The van der Waals surface area contributed by atoms with Crippen molar-refractivity contribution in [2.24, 2.45) is 0 Å². The van der Waals surface area contributed by atoms with Crippen LogP contribution in [0.15, 0.2) is 51.8 Å². The number of esters is 1. The van der Waals surface area contributed by atoms with E-state index in [4.69, 9.17) is 4.74 Å². The number of fused-ring (bicyclic) bond motifs is 1. The number of carbonyl (C=O) groups is 3. The predicted molar refractivity (Wildman–Crippen MR) is 110 cm³/mol. The highest BCUT2D eigenvalue weighted by Gasteiger charge is 2.29. The van der Waals surface area contributed by atoms with Gasteiger partial charge in [-0.2, -0.15) is 0 Å². The maximum absolute atomic E-state index is 12.1. The highest BCUT2D eigenvalue weighted by molar-refractivity contribution is 9.10. The van der Waals surface area contributed by atoms with Gasteiger partial charge in [-0.1, -0.05) is 12.1 Å². The summed E-state index contributed by atoms with van der Waals surface area (Å²) < 4.78 is 5.27. The summed E-state index contributed by atoms with van der Waals surface area (Å²) in [5.74, 6) is -1.60. The Labute approximate surface area is 177 Å². The first-order valence-electron chi connectivity index (χ1n) is 8.29. The first kappa shape index (κ1) is 20.8. The van der Waals surface area contributed by atoms with Gasteiger partial charge in [0.2, 0.25) is 5.91 Å². The van der Waals surface area contributed by atoms with E-state index in [1.807, 2.05) is 12.1 Å². The van der Waals surface area contributed by atoms with Crippen LogP contribution in [0.25, 0.3) is 0 Å². The SMILES string of the molecule is O=C(COC(=O)C[C@@H]1Sc2ccccc2NC1=O)Nc1ccc([N+](=O)[O-])cc1Br. The van der Waals surface area contributed by atoms with Gasteiger partial charge in [0.1, 0.15) is 0 Å². The van der Waals surface area contributed by atoms with Crippen molar-refractivity contribution in [3.8, 4) is 0 Å². The number of nitro benzene ring substituents is 1. The van der Waals surface area contributed by atoms with E-state index in [9.17, 15) is 24.5 Å². The Bertz CT molecular complexity index is 999. The summed E-state index contributed by atoms with van der Waals surface area (Å²) in [4.78, 5) is 47.1. The number of amides is 2. The zero-order valence-corrected chi connectivity index (χ0v) is 17.1. The largest absolute Gasteiger partial charge is 0.456 e. The van der Waals surface area contributed by atoms with Crippen molar-refractivity contribution < 1.29 is 24.0 Å². The minimum atomic E-state index is -0.685. The van der Waals surface area contributed by atoms with Crippen molar-refractivity contribution in [2.45, 2.75) is 16.6 Å². The molecule has 1 aliphatic rings. The molecule has 2 aromatic carbocycles. The molecule has 0 aromatic heterocycles. The number of nitro groups is 1. The van der Waals surface area contributed by atoms with Crippen LogP contribution >= 0.6 is 27.7 Å². The van der Waals surface area contributed by atoms with Crippen LogP contribution in [0.2, 0.25) is 0 Å². The predicted octanol–water partition coefficient (Wildman–Crippen LogP) is 3.34.